The maximum absolute atomic E-state index is 12.1. The number of halogens is 1. The third kappa shape index (κ3) is 5.17. The Balaban J connectivity index is 1.58. The summed E-state index contributed by atoms with van der Waals surface area (Å²) in [5.41, 5.74) is 0.577. The smallest absolute Gasteiger partial charge is 0.322 e. The topological polar surface area (TPSA) is 86.5 Å². The fourth-order valence-electron chi connectivity index (χ4n) is 2.34. The molecule has 0 atom stereocenters. The molecule has 1 N–H and O–H groups in total. The van der Waals surface area contributed by atoms with Crippen LogP contribution in [0.15, 0.2) is 51.8 Å². The minimum atomic E-state index is -0.214. The van der Waals surface area contributed by atoms with Gasteiger partial charge < -0.3 is 13.9 Å². The van der Waals surface area contributed by atoms with Crippen molar-refractivity contribution in [3.8, 4) is 23.0 Å². The van der Waals surface area contributed by atoms with Gasteiger partial charge in [-0.3, -0.25) is 10.1 Å². The van der Waals surface area contributed by atoms with Gasteiger partial charge in [0, 0.05) is 22.1 Å². The Morgan fingerprint density at radius 3 is 2.64 bits per heavy atom. The Morgan fingerprint density at radius 1 is 1.14 bits per heavy atom. The van der Waals surface area contributed by atoms with Crippen molar-refractivity contribution in [2.24, 2.45) is 0 Å². The minimum Gasteiger partial charge on any atom is -0.497 e. The van der Waals surface area contributed by atoms with Gasteiger partial charge in [0.25, 0.3) is 5.89 Å². The lowest BCUT2D eigenvalue weighted by Crippen LogP contribution is -2.12. The van der Waals surface area contributed by atoms with Crippen LogP contribution in [-0.4, -0.2) is 36.1 Å². The zero-order chi connectivity index (χ0) is 19.9. The molecule has 0 fully saturated rings. The number of anilines is 1. The summed E-state index contributed by atoms with van der Waals surface area (Å²) in [5, 5.41) is 11.1. The number of aromatic nitrogens is 2. The zero-order valence-corrected chi connectivity index (χ0v) is 16.8. The highest BCUT2D eigenvalue weighted by Gasteiger charge is 2.16. The van der Waals surface area contributed by atoms with E-state index in [1.54, 1.807) is 44.2 Å². The second-order valence-corrected chi connectivity index (χ2v) is 7.18. The van der Waals surface area contributed by atoms with Crippen LogP contribution >= 0.6 is 23.4 Å². The van der Waals surface area contributed by atoms with Crippen LogP contribution < -0.4 is 14.8 Å². The molecule has 0 spiro atoms. The van der Waals surface area contributed by atoms with Crippen LogP contribution in [0, 0.1) is 0 Å². The summed E-state index contributed by atoms with van der Waals surface area (Å²) in [5.74, 6) is 1.80. The number of carbonyl (C=O) groups is 1. The van der Waals surface area contributed by atoms with E-state index in [2.05, 4.69) is 15.5 Å². The van der Waals surface area contributed by atoms with Crippen molar-refractivity contribution < 1.29 is 18.7 Å². The molecule has 146 valence electrons. The molecule has 3 rings (SSSR count). The molecule has 0 aliphatic rings. The molecule has 0 unspecified atom stereocenters. The van der Waals surface area contributed by atoms with Gasteiger partial charge in [-0.1, -0.05) is 16.7 Å². The number of methoxy groups -OCH3 is 2. The molecule has 0 saturated heterocycles. The van der Waals surface area contributed by atoms with Crippen LogP contribution in [0.25, 0.3) is 11.5 Å². The lowest BCUT2D eigenvalue weighted by atomic mass is 10.2. The summed E-state index contributed by atoms with van der Waals surface area (Å²) in [4.78, 5) is 13.2. The van der Waals surface area contributed by atoms with Crippen LogP contribution in [0.2, 0.25) is 5.02 Å². The molecule has 0 aliphatic heterocycles. The average Bonchev–Trinajstić information content (AvgIpc) is 3.17. The van der Waals surface area contributed by atoms with E-state index in [1.807, 2.05) is 24.3 Å². The first-order valence-corrected chi connectivity index (χ1v) is 9.69. The van der Waals surface area contributed by atoms with Crippen molar-refractivity contribution >= 4 is 35.3 Å². The summed E-state index contributed by atoms with van der Waals surface area (Å²) in [7, 11) is 3.11. The van der Waals surface area contributed by atoms with E-state index < -0.39 is 0 Å². The van der Waals surface area contributed by atoms with Crippen molar-refractivity contribution in [2.45, 2.75) is 11.3 Å². The number of nitrogens with one attached hydrogen (secondary N) is 1. The number of rotatable bonds is 8. The van der Waals surface area contributed by atoms with Gasteiger partial charge in [-0.05, 0) is 42.5 Å². The number of hydrogen-bond donors (Lipinski definition) is 1. The maximum atomic E-state index is 12.1. The molecule has 2 aromatic carbocycles. The van der Waals surface area contributed by atoms with Gasteiger partial charge >= 0.3 is 6.01 Å². The normalized spacial score (nSPS) is 10.5. The monoisotopic (exact) mass is 419 g/mol. The summed E-state index contributed by atoms with van der Waals surface area (Å²) in [6.45, 7) is 0. The fraction of sp³-hybridized carbons (Fsp3) is 0.211. The Morgan fingerprint density at radius 2 is 1.93 bits per heavy atom. The van der Waals surface area contributed by atoms with Crippen molar-refractivity contribution in [1.29, 1.82) is 0 Å². The summed E-state index contributed by atoms with van der Waals surface area (Å²) in [6, 6.07) is 12.7. The SMILES string of the molecule is COc1ccc(OC)c(-c2nnc(NC(=O)CCSc3ccc(Cl)cc3)o2)c1. The third-order valence-electron chi connectivity index (χ3n) is 3.72. The molecule has 1 heterocycles. The molecule has 9 heteroatoms. The van der Waals surface area contributed by atoms with Crippen molar-refractivity contribution in [2.75, 3.05) is 25.3 Å². The van der Waals surface area contributed by atoms with Crippen LogP contribution in [0.5, 0.6) is 11.5 Å². The van der Waals surface area contributed by atoms with Gasteiger partial charge in [0.05, 0.1) is 19.8 Å². The van der Waals surface area contributed by atoms with Gasteiger partial charge in [0.15, 0.2) is 0 Å². The molecule has 28 heavy (non-hydrogen) atoms. The van der Waals surface area contributed by atoms with Gasteiger partial charge in [-0.2, -0.15) is 0 Å². The van der Waals surface area contributed by atoms with Crippen LogP contribution in [0.1, 0.15) is 6.42 Å². The molecular formula is C19H18ClN3O4S. The van der Waals surface area contributed by atoms with Crippen LogP contribution in [0.4, 0.5) is 6.01 Å². The van der Waals surface area contributed by atoms with E-state index in [-0.39, 0.29) is 17.8 Å². The first-order valence-electron chi connectivity index (χ1n) is 8.33. The van der Waals surface area contributed by atoms with Gasteiger partial charge in [0.1, 0.15) is 11.5 Å². The molecular weight excluding hydrogens is 402 g/mol. The number of amides is 1. The van der Waals surface area contributed by atoms with E-state index >= 15 is 0 Å². The second-order valence-electron chi connectivity index (χ2n) is 5.58. The van der Waals surface area contributed by atoms with E-state index in [4.69, 9.17) is 25.5 Å². The number of carbonyl (C=O) groups excluding carboxylic acids is 1. The lowest BCUT2D eigenvalue weighted by molar-refractivity contribution is -0.115. The van der Waals surface area contributed by atoms with Crippen molar-refractivity contribution in [3.05, 3.63) is 47.5 Å². The maximum Gasteiger partial charge on any atom is 0.322 e. The Kier molecular flexibility index (Phi) is 6.78. The number of benzene rings is 2. The molecule has 3 aromatic rings. The molecule has 7 nitrogen and oxygen atoms in total. The number of nitrogens with zero attached hydrogens (tertiary/aromatic N) is 2. The molecule has 0 radical (unpaired) electrons. The van der Waals surface area contributed by atoms with Gasteiger partial charge in [-0.15, -0.1) is 16.9 Å². The van der Waals surface area contributed by atoms with E-state index in [0.717, 1.165) is 4.90 Å². The summed E-state index contributed by atoms with van der Waals surface area (Å²) < 4.78 is 16.1. The third-order valence-corrected chi connectivity index (χ3v) is 4.99. The zero-order valence-electron chi connectivity index (χ0n) is 15.3. The van der Waals surface area contributed by atoms with Gasteiger partial charge in [-0.25, -0.2) is 0 Å². The fourth-order valence-corrected chi connectivity index (χ4v) is 3.32. The van der Waals surface area contributed by atoms with Crippen molar-refractivity contribution in [3.63, 3.8) is 0 Å². The van der Waals surface area contributed by atoms with E-state index in [1.165, 1.54) is 0 Å². The summed E-state index contributed by atoms with van der Waals surface area (Å²) in [6.07, 6.45) is 0.299. The van der Waals surface area contributed by atoms with Crippen LogP contribution in [0.3, 0.4) is 0 Å². The number of hydrogen-bond acceptors (Lipinski definition) is 7. The minimum absolute atomic E-state index is 0.0290. The van der Waals surface area contributed by atoms with Gasteiger partial charge in [0.2, 0.25) is 5.91 Å². The predicted molar refractivity (Wildman–Crippen MR) is 108 cm³/mol. The predicted octanol–water partition coefficient (Wildman–Crippen LogP) is 4.53. The summed E-state index contributed by atoms with van der Waals surface area (Å²) >= 11 is 7.42. The standard InChI is InChI=1S/C19H18ClN3O4S/c1-25-13-5-8-16(26-2)15(11-13)18-22-23-19(27-18)21-17(24)9-10-28-14-6-3-12(20)4-7-14/h3-8,11H,9-10H2,1-2H3,(H,21,23,24). The number of thioether (sulfide) groups is 1. The Bertz CT molecular complexity index is 947. The average molecular weight is 420 g/mol. The Hall–Kier alpha value is -2.71. The number of ether oxygens (including phenoxy) is 2. The highest BCUT2D eigenvalue weighted by atomic mass is 35.5. The first-order chi connectivity index (χ1) is 13.6. The lowest BCUT2D eigenvalue weighted by Gasteiger charge is -2.07. The van der Waals surface area contributed by atoms with E-state index in [0.29, 0.717) is 34.3 Å². The molecule has 1 amide bonds. The van der Waals surface area contributed by atoms with Crippen LogP contribution in [-0.2, 0) is 4.79 Å². The quantitative estimate of drug-likeness (QED) is 0.537. The largest absolute Gasteiger partial charge is 0.497 e. The molecule has 0 saturated carbocycles. The molecule has 0 aliphatic carbocycles. The second kappa shape index (κ2) is 9.48. The highest BCUT2D eigenvalue weighted by Crippen LogP contribution is 2.33. The van der Waals surface area contributed by atoms with Crippen molar-refractivity contribution in [1.82, 2.24) is 10.2 Å². The first kappa shape index (κ1) is 20.0. The molecule has 1 aromatic heterocycles. The highest BCUT2D eigenvalue weighted by molar-refractivity contribution is 7.99. The Labute approximate surface area is 171 Å². The van der Waals surface area contributed by atoms with E-state index in [9.17, 15) is 4.79 Å². The molecule has 0 bridgehead atoms.